The van der Waals surface area contributed by atoms with Crippen molar-refractivity contribution in [2.75, 3.05) is 50.1 Å². The van der Waals surface area contributed by atoms with Gasteiger partial charge in [-0.15, -0.1) is 0 Å². The van der Waals surface area contributed by atoms with Crippen molar-refractivity contribution in [3.8, 4) is 5.75 Å². The Hall–Kier alpha value is -2.83. The molecule has 2 aromatic rings. The predicted octanol–water partition coefficient (Wildman–Crippen LogP) is 3.12. The number of para-hydroxylation sites is 2. The van der Waals surface area contributed by atoms with Crippen LogP contribution in [0.1, 0.15) is 6.42 Å². The van der Waals surface area contributed by atoms with Gasteiger partial charge >= 0.3 is 0 Å². The Bertz CT molecular complexity index is 793. The number of nitrogens with one attached hydrogen (secondary N) is 1. The largest absolute Gasteiger partial charge is 0.495 e. The van der Waals surface area contributed by atoms with Crippen LogP contribution < -0.4 is 15.0 Å². The van der Waals surface area contributed by atoms with E-state index in [9.17, 15) is 13.6 Å². The van der Waals surface area contributed by atoms with E-state index >= 15 is 0 Å². The third kappa shape index (κ3) is 4.67. The maximum atomic E-state index is 13.6. The fourth-order valence-corrected chi connectivity index (χ4v) is 3.18. The summed E-state index contributed by atoms with van der Waals surface area (Å²) in [5.41, 5.74) is 1.23. The van der Waals surface area contributed by atoms with Crippen molar-refractivity contribution in [2.45, 2.75) is 6.42 Å². The van der Waals surface area contributed by atoms with E-state index in [1.165, 1.54) is 12.1 Å². The Labute approximate surface area is 157 Å². The number of rotatable bonds is 6. The maximum Gasteiger partial charge on any atom is 0.224 e. The zero-order chi connectivity index (χ0) is 19.2. The first-order chi connectivity index (χ1) is 13.1. The number of anilines is 2. The average molecular weight is 375 g/mol. The number of carbonyl (C=O) groups excluding carboxylic acids is 1. The Kier molecular flexibility index (Phi) is 6.11. The number of hydrogen-bond acceptors (Lipinski definition) is 4. The molecule has 2 aromatic carbocycles. The van der Waals surface area contributed by atoms with Gasteiger partial charge in [0.05, 0.1) is 18.5 Å². The molecular weight excluding hydrogens is 352 g/mol. The molecule has 1 heterocycles. The molecule has 0 aromatic heterocycles. The lowest BCUT2D eigenvalue weighted by atomic mass is 10.2. The van der Waals surface area contributed by atoms with E-state index in [2.05, 4.69) is 10.2 Å². The minimum Gasteiger partial charge on any atom is -0.495 e. The maximum absolute atomic E-state index is 13.6. The van der Waals surface area contributed by atoms with E-state index in [4.69, 9.17) is 4.74 Å². The topological polar surface area (TPSA) is 44.8 Å². The normalized spacial score (nSPS) is 14.2. The summed E-state index contributed by atoms with van der Waals surface area (Å²) in [4.78, 5) is 16.4. The third-order valence-corrected chi connectivity index (χ3v) is 4.64. The van der Waals surface area contributed by atoms with Gasteiger partial charge in [-0.3, -0.25) is 4.79 Å². The van der Waals surface area contributed by atoms with Crippen LogP contribution in [0.5, 0.6) is 5.75 Å². The lowest BCUT2D eigenvalue weighted by Crippen LogP contribution is -2.49. The summed E-state index contributed by atoms with van der Waals surface area (Å²) >= 11 is 0. The van der Waals surface area contributed by atoms with Crippen LogP contribution in [0.15, 0.2) is 42.5 Å². The third-order valence-electron chi connectivity index (χ3n) is 4.64. The monoisotopic (exact) mass is 375 g/mol. The van der Waals surface area contributed by atoms with Crippen LogP contribution in [-0.4, -0.2) is 50.6 Å². The lowest BCUT2D eigenvalue weighted by molar-refractivity contribution is -0.131. The van der Waals surface area contributed by atoms with Crippen molar-refractivity contribution < 1.29 is 18.3 Å². The van der Waals surface area contributed by atoms with Crippen LogP contribution in [0.3, 0.4) is 0 Å². The molecule has 1 amide bonds. The summed E-state index contributed by atoms with van der Waals surface area (Å²) in [5.74, 6) is -0.442. The van der Waals surface area contributed by atoms with Crippen molar-refractivity contribution in [1.82, 2.24) is 4.90 Å². The van der Waals surface area contributed by atoms with Gasteiger partial charge in [0.1, 0.15) is 17.4 Å². The number of amides is 1. The Morgan fingerprint density at radius 3 is 2.56 bits per heavy atom. The van der Waals surface area contributed by atoms with Crippen LogP contribution in [0.25, 0.3) is 0 Å². The summed E-state index contributed by atoms with van der Waals surface area (Å²) in [6, 6.07) is 11.2. The van der Waals surface area contributed by atoms with Crippen LogP contribution in [0, 0.1) is 11.6 Å². The fraction of sp³-hybridized carbons (Fsp3) is 0.350. The number of piperazine rings is 1. The molecule has 1 fully saturated rings. The molecule has 0 aliphatic carbocycles. The first-order valence-corrected chi connectivity index (χ1v) is 8.93. The SMILES string of the molecule is COc1ccccc1N1CCN(C(=O)CCNc2ccc(F)cc2F)CC1. The highest BCUT2D eigenvalue weighted by Crippen LogP contribution is 2.28. The molecule has 1 aliphatic rings. The minimum atomic E-state index is -0.659. The molecular formula is C20H23F2N3O2. The minimum absolute atomic E-state index is 0.0182. The molecule has 5 nitrogen and oxygen atoms in total. The fourth-order valence-electron chi connectivity index (χ4n) is 3.18. The number of ether oxygens (including phenoxy) is 1. The van der Waals surface area contributed by atoms with E-state index in [0.717, 1.165) is 30.6 Å². The standard InChI is InChI=1S/C20H23F2N3O2/c1-27-19-5-3-2-4-18(19)24-10-12-25(13-11-24)20(26)8-9-23-17-7-6-15(21)14-16(17)22/h2-7,14,23H,8-13H2,1H3. The molecule has 144 valence electrons. The average Bonchev–Trinajstić information content (AvgIpc) is 2.69. The number of hydrogen-bond donors (Lipinski definition) is 1. The Balaban J connectivity index is 1.47. The number of methoxy groups -OCH3 is 1. The van der Waals surface area contributed by atoms with E-state index in [1.54, 1.807) is 7.11 Å². The van der Waals surface area contributed by atoms with Gasteiger partial charge in [-0.2, -0.15) is 0 Å². The second-order valence-corrected chi connectivity index (χ2v) is 6.34. The lowest BCUT2D eigenvalue weighted by Gasteiger charge is -2.36. The zero-order valence-corrected chi connectivity index (χ0v) is 15.3. The molecule has 0 unspecified atom stereocenters. The molecule has 3 rings (SSSR count). The highest BCUT2D eigenvalue weighted by molar-refractivity contribution is 5.77. The second kappa shape index (κ2) is 8.70. The van der Waals surface area contributed by atoms with Gasteiger partial charge in [0.2, 0.25) is 5.91 Å². The predicted molar refractivity (Wildman–Crippen MR) is 101 cm³/mol. The molecule has 1 saturated heterocycles. The quantitative estimate of drug-likeness (QED) is 0.843. The summed E-state index contributed by atoms with van der Waals surface area (Å²) in [7, 11) is 1.65. The van der Waals surface area contributed by atoms with Crippen molar-refractivity contribution in [3.05, 3.63) is 54.1 Å². The first kappa shape index (κ1) is 18.9. The zero-order valence-electron chi connectivity index (χ0n) is 15.3. The van der Waals surface area contributed by atoms with Gasteiger partial charge in [-0.25, -0.2) is 8.78 Å². The van der Waals surface area contributed by atoms with Gasteiger partial charge in [0.15, 0.2) is 0 Å². The van der Waals surface area contributed by atoms with Crippen LogP contribution in [-0.2, 0) is 4.79 Å². The van der Waals surface area contributed by atoms with Gasteiger partial charge < -0.3 is 19.9 Å². The number of carbonyl (C=O) groups is 1. The second-order valence-electron chi connectivity index (χ2n) is 6.34. The summed E-state index contributed by atoms with van der Waals surface area (Å²) in [6.07, 6.45) is 0.255. The number of nitrogens with zero attached hydrogens (tertiary/aromatic N) is 2. The highest BCUT2D eigenvalue weighted by atomic mass is 19.1. The van der Waals surface area contributed by atoms with E-state index in [0.29, 0.717) is 19.6 Å². The van der Waals surface area contributed by atoms with Gasteiger partial charge in [-0.05, 0) is 24.3 Å². The number of halogens is 2. The first-order valence-electron chi connectivity index (χ1n) is 8.93. The van der Waals surface area contributed by atoms with Crippen molar-refractivity contribution in [1.29, 1.82) is 0 Å². The molecule has 0 atom stereocenters. The number of benzene rings is 2. The molecule has 7 heteroatoms. The van der Waals surface area contributed by atoms with E-state index in [1.807, 2.05) is 29.2 Å². The summed E-state index contributed by atoms with van der Waals surface area (Å²) in [5, 5.41) is 2.84. The molecule has 1 N–H and O–H groups in total. The van der Waals surface area contributed by atoms with Gasteiger partial charge in [0, 0.05) is 45.2 Å². The van der Waals surface area contributed by atoms with Crippen LogP contribution >= 0.6 is 0 Å². The van der Waals surface area contributed by atoms with Crippen molar-refractivity contribution >= 4 is 17.3 Å². The molecule has 0 radical (unpaired) electrons. The smallest absolute Gasteiger partial charge is 0.224 e. The van der Waals surface area contributed by atoms with Crippen LogP contribution in [0.4, 0.5) is 20.2 Å². The Morgan fingerprint density at radius 1 is 1.11 bits per heavy atom. The molecule has 0 spiro atoms. The summed E-state index contributed by atoms with van der Waals surface area (Å²) < 4.78 is 31.9. The molecule has 1 aliphatic heterocycles. The van der Waals surface area contributed by atoms with Crippen LogP contribution in [0.2, 0.25) is 0 Å². The Morgan fingerprint density at radius 2 is 1.85 bits per heavy atom. The van der Waals surface area contributed by atoms with Gasteiger partial charge in [0.25, 0.3) is 0 Å². The molecule has 27 heavy (non-hydrogen) atoms. The molecule has 0 bridgehead atoms. The van der Waals surface area contributed by atoms with Gasteiger partial charge in [-0.1, -0.05) is 12.1 Å². The summed E-state index contributed by atoms with van der Waals surface area (Å²) in [6.45, 7) is 3.01. The van der Waals surface area contributed by atoms with E-state index < -0.39 is 11.6 Å². The van der Waals surface area contributed by atoms with E-state index in [-0.39, 0.29) is 18.0 Å². The highest BCUT2D eigenvalue weighted by Gasteiger charge is 2.22. The van der Waals surface area contributed by atoms with Crippen molar-refractivity contribution in [3.63, 3.8) is 0 Å². The molecule has 0 saturated carbocycles. The van der Waals surface area contributed by atoms with Crippen molar-refractivity contribution in [2.24, 2.45) is 0 Å².